The zero-order valence-corrected chi connectivity index (χ0v) is 17.2. The molecule has 0 amide bonds. The summed E-state index contributed by atoms with van der Waals surface area (Å²) in [6.07, 6.45) is 0.839. The molecule has 11 heteroatoms. The van der Waals surface area contributed by atoms with Crippen LogP contribution < -0.4 is 22.1 Å². The average molecular weight is 413 g/mol. The number of aromatic nitrogens is 2. The molecule has 164 valence electrons. The number of aliphatic carboxylic acids is 2. The summed E-state index contributed by atoms with van der Waals surface area (Å²) in [7, 11) is 0. The second-order valence-corrected chi connectivity index (χ2v) is 7.46. The monoisotopic (exact) mass is 413 g/mol. The summed E-state index contributed by atoms with van der Waals surface area (Å²) < 4.78 is 6.95. The van der Waals surface area contributed by atoms with Crippen LogP contribution in [0.3, 0.4) is 0 Å². The Morgan fingerprint density at radius 2 is 1.59 bits per heavy atom. The lowest BCUT2D eigenvalue weighted by Gasteiger charge is -2.26. The van der Waals surface area contributed by atoms with Crippen molar-refractivity contribution >= 4 is 17.8 Å². The maximum Gasteiger partial charge on any atom is 0.351 e. The lowest BCUT2D eigenvalue weighted by Crippen LogP contribution is -2.50. The normalized spacial score (nSPS) is 13.8. The topological polar surface area (TPSA) is 169 Å². The number of anilines is 1. The van der Waals surface area contributed by atoms with E-state index < -0.39 is 35.8 Å². The van der Waals surface area contributed by atoms with Gasteiger partial charge in [0.15, 0.2) is 0 Å². The van der Waals surface area contributed by atoms with Crippen LogP contribution in [0.15, 0.2) is 17.1 Å². The highest BCUT2D eigenvalue weighted by atomic mass is 16.5. The van der Waals surface area contributed by atoms with Gasteiger partial charge in [0.25, 0.3) is 0 Å². The molecule has 1 heterocycles. The van der Waals surface area contributed by atoms with Gasteiger partial charge in [0.1, 0.15) is 24.6 Å². The van der Waals surface area contributed by atoms with E-state index in [4.69, 9.17) is 10.5 Å². The first-order valence-electron chi connectivity index (χ1n) is 9.39. The molecule has 1 aromatic heterocycles. The number of nitrogens with zero attached hydrogens (tertiary/aromatic N) is 2. The van der Waals surface area contributed by atoms with Gasteiger partial charge in [0.05, 0.1) is 6.10 Å². The minimum atomic E-state index is -0.990. The molecule has 0 unspecified atom stereocenters. The summed E-state index contributed by atoms with van der Waals surface area (Å²) in [4.78, 5) is 38.2. The molecule has 0 fully saturated rings. The first kappa shape index (κ1) is 24.5. The molecular weight excluding hydrogens is 382 g/mol. The number of rotatable bonds is 13. The van der Waals surface area contributed by atoms with E-state index in [9.17, 15) is 24.6 Å². The smallest absolute Gasteiger partial charge is 0.351 e. The predicted octanol–water partition coefficient (Wildman–Crippen LogP) is -0.434. The fourth-order valence-electron chi connectivity index (χ4n) is 2.65. The summed E-state index contributed by atoms with van der Waals surface area (Å²) in [5.74, 6) is -2.21. The van der Waals surface area contributed by atoms with Gasteiger partial charge in [0.2, 0.25) is 0 Å². The van der Waals surface area contributed by atoms with Crippen LogP contribution in [0.2, 0.25) is 0 Å². The number of nitrogens with two attached hydrogens (primary N) is 1. The van der Waals surface area contributed by atoms with Crippen molar-refractivity contribution in [1.82, 2.24) is 20.2 Å². The zero-order chi connectivity index (χ0) is 22.1. The van der Waals surface area contributed by atoms with E-state index >= 15 is 0 Å². The van der Waals surface area contributed by atoms with Gasteiger partial charge in [0, 0.05) is 19.3 Å². The molecule has 0 aliphatic heterocycles. The predicted molar refractivity (Wildman–Crippen MR) is 106 cm³/mol. The molecule has 0 aromatic carbocycles. The van der Waals surface area contributed by atoms with Gasteiger partial charge in [-0.05, 0) is 17.9 Å². The number of hydrogen-bond acceptors (Lipinski definition) is 8. The third kappa shape index (κ3) is 8.18. The van der Waals surface area contributed by atoms with Crippen molar-refractivity contribution in [1.29, 1.82) is 0 Å². The molecule has 0 saturated heterocycles. The highest BCUT2D eigenvalue weighted by Crippen LogP contribution is 2.05. The number of carboxylic acids is 2. The Labute approximate surface area is 169 Å². The number of nitrogen functional groups attached to an aromatic ring is 1. The summed E-state index contributed by atoms with van der Waals surface area (Å²) >= 11 is 0. The molecule has 0 radical (unpaired) electrons. The van der Waals surface area contributed by atoms with Gasteiger partial charge in [-0.3, -0.25) is 14.2 Å². The van der Waals surface area contributed by atoms with E-state index in [1.54, 1.807) is 27.7 Å². The molecule has 0 aliphatic rings. The summed E-state index contributed by atoms with van der Waals surface area (Å²) in [5.41, 5.74) is 4.88. The maximum absolute atomic E-state index is 11.8. The zero-order valence-electron chi connectivity index (χ0n) is 17.2. The van der Waals surface area contributed by atoms with Crippen molar-refractivity contribution in [2.24, 2.45) is 11.8 Å². The third-order valence-electron chi connectivity index (χ3n) is 4.34. The van der Waals surface area contributed by atoms with Crippen LogP contribution in [0.1, 0.15) is 27.7 Å². The van der Waals surface area contributed by atoms with Gasteiger partial charge < -0.3 is 31.3 Å². The third-order valence-corrected chi connectivity index (χ3v) is 4.34. The molecule has 1 aromatic rings. The first-order chi connectivity index (χ1) is 13.5. The van der Waals surface area contributed by atoms with Crippen LogP contribution in [-0.4, -0.2) is 63.0 Å². The van der Waals surface area contributed by atoms with Gasteiger partial charge in [-0.2, -0.15) is 4.98 Å². The van der Waals surface area contributed by atoms with Crippen molar-refractivity contribution in [2.45, 2.75) is 52.6 Å². The highest BCUT2D eigenvalue weighted by Gasteiger charge is 2.25. The SMILES string of the molecule is CC(C)[C@H](NCC(CN[C@H](C(=O)O)C(C)C)OCn1ccc(N)nc1=O)C(=O)O. The van der Waals surface area contributed by atoms with E-state index in [0.717, 1.165) is 0 Å². The van der Waals surface area contributed by atoms with Crippen molar-refractivity contribution in [3.63, 3.8) is 0 Å². The Morgan fingerprint density at radius 3 is 1.97 bits per heavy atom. The van der Waals surface area contributed by atoms with E-state index in [1.165, 1.54) is 16.8 Å². The van der Waals surface area contributed by atoms with Crippen molar-refractivity contribution < 1.29 is 24.5 Å². The summed E-state index contributed by atoms with van der Waals surface area (Å²) in [5, 5.41) is 24.5. The van der Waals surface area contributed by atoms with Gasteiger partial charge in [-0.1, -0.05) is 27.7 Å². The lowest BCUT2D eigenvalue weighted by molar-refractivity contribution is -0.141. The second kappa shape index (κ2) is 11.5. The van der Waals surface area contributed by atoms with Crippen LogP contribution in [0.4, 0.5) is 5.82 Å². The van der Waals surface area contributed by atoms with Crippen LogP contribution in [-0.2, 0) is 21.1 Å². The number of nitrogens with one attached hydrogen (secondary N) is 2. The van der Waals surface area contributed by atoms with E-state index in [0.29, 0.717) is 0 Å². The molecule has 29 heavy (non-hydrogen) atoms. The summed E-state index contributed by atoms with van der Waals surface area (Å²) in [6.45, 7) is 7.25. The Kier molecular flexibility index (Phi) is 9.72. The molecular formula is C18H31N5O6. The van der Waals surface area contributed by atoms with Crippen molar-refractivity contribution in [2.75, 3.05) is 18.8 Å². The molecule has 6 N–H and O–H groups in total. The number of carboxylic acid groups (broad SMARTS) is 2. The quantitative estimate of drug-likeness (QED) is 0.286. The molecule has 0 saturated carbocycles. The van der Waals surface area contributed by atoms with E-state index in [-0.39, 0.29) is 37.5 Å². The fourth-order valence-corrected chi connectivity index (χ4v) is 2.65. The largest absolute Gasteiger partial charge is 0.480 e. The number of ether oxygens (including phenoxy) is 1. The van der Waals surface area contributed by atoms with E-state index in [1.807, 2.05) is 0 Å². The lowest BCUT2D eigenvalue weighted by atomic mass is 10.0. The second-order valence-electron chi connectivity index (χ2n) is 7.46. The van der Waals surface area contributed by atoms with Crippen LogP contribution in [0.5, 0.6) is 0 Å². The van der Waals surface area contributed by atoms with Crippen LogP contribution in [0.25, 0.3) is 0 Å². The standard InChI is InChI=1S/C18H31N5O6/c1-10(2)14(16(24)25)20-7-12(8-21-15(11(3)4)17(26)27)29-9-23-6-5-13(19)22-18(23)28/h5-6,10-12,14-15,20-21H,7-9H2,1-4H3,(H,24,25)(H,26,27)(H2,19,22,28)/t14-,15-/m0/s1. The molecule has 0 spiro atoms. The molecule has 0 aliphatic carbocycles. The first-order valence-corrected chi connectivity index (χ1v) is 9.39. The Bertz CT molecular complexity index is 706. The van der Waals surface area contributed by atoms with Gasteiger partial charge in [-0.15, -0.1) is 0 Å². The maximum atomic E-state index is 11.8. The van der Waals surface area contributed by atoms with Crippen molar-refractivity contribution in [3.05, 3.63) is 22.7 Å². The van der Waals surface area contributed by atoms with Crippen molar-refractivity contribution in [3.8, 4) is 0 Å². The van der Waals surface area contributed by atoms with E-state index in [2.05, 4.69) is 15.6 Å². The minimum Gasteiger partial charge on any atom is -0.480 e. The molecule has 2 atom stereocenters. The minimum absolute atomic E-state index is 0.0913. The van der Waals surface area contributed by atoms with Gasteiger partial charge in [-0.25, -0.2) is 4.79 Å². The molecule has 11 nitrogen and oxygen atoms in total. The number of hydrogen-bond donors (Lipinski definition) is 5. The Morgan fingerprint density at radius 1 is 1.10 bits per heavy atom. The Balaban J connectivity index is 2.84. The number of carbonyl (C=O) groups is 2. The summed E-state index contributed by atoms with van der Waals surface area (Å²) in [6, 6.07) is -0.126. The average Bonchev–Trinajstić information content (AvgIpc) is 2.59. The van der Waals surface area contributed by atoms with Crippen LogP contribution >= 0.6 is 0 Å². The molecule has 0 bridgehead atoms. The molecule has 1 rings (SSSR count). The fraction of sp³-hybridized carbons (Fsp3) is 0.667. The van der Waals surface area contributed by atoms with Gasteiger partial charge >= 0.3 is 17.6 Å². The Hall–Kier alpha value is -2.50. The van der Waals surface area contributed by atoms with Crippen LogP contribution in [0, 0.1) is 11.8 Å². The highest BCUT2D eigenvalue weighted by molar-refractivity contribution is 5.74.